The van der Waals surface area contributed by atoms with Crippen molar-refractivity contribution < 1.29 is 14.3 Å². The second-order valence-electron chi connectivity index (χ2n) is 8.20. The van der Waals surface area contributed by atoms with Gasteiger partial charge in [0.05, 0.1) is 24.1 Å². The number of carbonyl (C=O) groups is 2. The van der Waals surface area contributed by atoms with Gasteiger partial charge in [-0.05, 0) is 53.4 Å². The average molecular weight is 395 g/mol. The topological polar surface area (TPSA) is 46.6 Å². The van der Waals surface area contributed by atoms with E-state index >= 15 is 0 Å². The number of nitrogens with zero attached hydrogens (tertiary/aromatic N) is 1. The lowest BCUT2D eigenvalue weighted by atomic mass is 9.55. The molecule has 0 N–H and O–H groups in total. The number of hydrogen-bond acceptors (Lipinski definition) is 3. The first-order valence-corrected chi connectivity index (χ1v) is 10.5. The number of carbonyl (C=O) groups excluding carboxylic acids is 2. The van der Waals surface area contributed by atoms with E-state index in [1.165, 1.54) is 27.2 Å². The molecular formula is C26H21NO3. The summed E-state index contributed by atoms with van der Waals surface area (Å²) < 4.78 is 5.51. The Labute approximate surface area is 175 Å². The molecule has 148 valence electrons. The molecular weight excluding hydrogens is 374 g/mol. The number of hydrogen-bond donors (Lipinski definition) is 0. The van der Waals surface area contributed by atoms with Crippen LogP contribution in [-0.4, -0.2) is 18.4 Å². The Morgan fingerprint density at radius 3 is 1.53 bits per heavy atom. The minimum atomic E-state index is -0.348. The first-order chi connectivity index (χ1) is 14.7. The molecule has 3 aromatic carbocycles. The summed E-state index contributed by atoms with van der Waals surface area (Å²) >= 11 is 0. The molecule has 0 radical (unpaired) electrons. The summed E-state index contributed by atoms with van der Waals surface area (Å²) in [6.45, 7) is 2.50. The molecule has 7 rings (SSSR count). The van der Waals surface area contributed by atoms with Crippen LogP contribution in [0.5, 0.6) is 5.75 Å². The molecule has 0 aromatic heterocycles. The van der Waals surface area contributed by atoms with Crippen molar-refractivity contribution in [2.75, 3.05) is 11.5 Å². The second kappa shape index (κ2) is 6.30. The molecule has 4 heteroatoms. The highest BCUT2D eigenvalue weighted by atomic mass is 16.5. The predicted octanol–water partition coefficient (Wildman–Crippen LogP) is 4.48. The molecule has 0 spiro atoms. The Morgan fingerprint density at radius 1 is 0.700 bits per heavy atom. The van der Waals surface area contributed by atoms with Gasteiger partial charge in [0.1, 0.15) is 5.75 Å². The zero-order chi connectivity index (χ0) is 20.4. The van der Waals surface area contributed by atoms with Crippen LogP contribution in [-0.2, 0) is 9.59 Å². The maximum atomic E-state index is 13.6. The Kier molecular flexibility index (Phi) is 3.66. The van der Waals surface area contributed by atoms with E-state index in [4.69, 9.17) is 4.74 Å². The number of amides is 2. The maximum Gasteiger partial charge on any atom is 0.238 e. The van der Waals surface area contributed by atoms with Crippen molar-refractivity contribution in [2.45, 2.75) is 18.8 Å². The summed E-state index contributed by atoms with van der Waals surface area (Å²) in [5.74, 6) is -0.287. The summed E-state index contributed by atoms with van der Waals surface area (Å²) in [6.07, 6.45) is 0. The van der Waals surface area contributed by atoms with E-state index in [2.05, 4.69) is 24.3 Å². The summed E-state index contributed by atoms with van der Waals surface area (Å²) in [5, 5.41) is 0. The standard InChI is InChI=1S/C26H21NO3/c1-2-30-16-13-11-15(12-14-16)27-25(28)23-21-17-7-3-4-8-18(17)22(24(23)26(27)29)20-10-6-5-9-19(20)21/h3-14,21-24H,2H2,1H3/t21?,22?,23-,24-/m0/s1. The Balaban J connectivity index is 1.49. The monoisotopic (exact) mass is 395 g/mol. The Hall–Kier alpha value is -3.40. The lowest BCUT2D eigenvalue weighted by molar-refractivity contribution is -0.122. The zero-order valence-corrected chi connectivity index (χ0v) is 16.6. The molecule has 2 amide bonds. The third-order valence-electron chi connectivity index (χ3n) is 6.85. The highest BCUT2D eigenvalue weighted by Crippen LogP contribution is 2.61. The van der Waals surface area contributed by atoms with Crippen LogP contribution < -0.4 is 9.64 Å². The number of imide groups is 1. The summed E-state index contributed by atoms with van der Waals surface area (Å²) in [5.41, 5.74) is 5.39. The maximum absolute atomic E-state index is 13.6. The Morgan fingerprint density at radius 2 is 1.13 bits per heavy atom. The van der Waals surface area contributed by atoms with E-state index in [0.717, 1.165) is 5.75 Å². The number of anilines is 1. The molecule has 4 nitrogen and oxygen atoms in total. The van der Waals surface area contributed by atoms with Crippen LogP contribution in [0.3, 0.4) is 0 Å². The lowest BCUT2D eigenvalue weighted by Gasteiger charge is -2.45. The number of benzene rings is 3. The lowest BCUT2D eigenvalue weighted by Crippen LogP contribution is -2.41. The minimum absolute atomic E-state index is 0.0726. The molecule has 0 unspecified atom stereocenters. The summed E-state index contributed by atoms with van der Waals surface area (Å²) in [6, 6.07) is 23.9. The number of ether oxygens (including phenoxy) is 1. The second-order valence-corrected chi connectivity index (χ2v) is 8.20. The van der Waals surface area contributed by atoms with Crippen LogP contribution in [0, 0.1) is 11.8 Å². The fraction of sp³-hybridized carbons (Fsp3) is 0.231. The van der Waals surface area contributed by atoms with Crippen molar-refractivity contribution in [1.29, 1.82) is 0 Å². The highest BCUT2D eigenvalue weighted by molar-refractivity contribution is 6.23. The molecule has 30 heavy (non-hydrogen) atoms. The molecule has 2 atom stereocenters. The SMILES string of the molecule is CCOc1ccc(N2C(=O)[C@H]3C4c5ccccc5C(c5ccccc54)[C@@H]3C2=O)cc1. The first-order valence-electron chi connectivity index (χ1n) is 10.5. The van der Waals surface area contributed by atoms with Gasteiger partial charge in [0.15, 0.2) is 0 Å². The first kappa shape index (κ1) is 17.5. The van der Waals surface area contributed by atoms with Crippen molar-refractivity contribution in [3.63, 3.8) is 0 Å². The smallest absolute Gasteiger partial charge is 0.238 e. The number of rotatable bonds is 3. The van der Waals surface area contributed by atoms with Gasteiger partial charge in [-0.25, -0.2) is 4.90 Å². The summed E-state index contributed by atoms with van der Waals surface area (Å²) in [4.78, 5) is 28.7. The van der Waals surface area contributed by atoms with Crippen LogP contribution in [0.15, 0.2) is 72.8 Å². The molecule has 1 heterocycles. The van der Waals surface area contributed by atoms with Crippen molar-refractivity contribution in [1.82, 2.24) is 0 Å². The van der Waals surface area contributed by atoms with E-state index in [1.54, 1.807) is 12.1 Å². The highest BCUT2D eigenvalue weighted by Gasteiger charge is 2.61. The average Bonchev–Trinajstić information content (AvgIpc) is 3.05. The van der Waals surface area contributed by atoms with Crippen LogP contribution in [0.4, 0.5) is 5.69 Å². The Bertz CT molecular complexity index is 1070. The van der Waals surface area contributed by atoms with Gasteiger partial charge in [-0.1, -0.05) is 48.5 Å². The van der Waals surface area contributed by atoms with E-state index in [0.29, 0.717) is 12.3 Å². The van der Waals surface area contributed by atoms with Crippen molar-refractivity contribution in [3.05, 3.63) is 95.1 Å². The largest absolute Gasteiger partial charge is 0.494 e. The van der Waals surface area contributed by atoms with Gasteiger partial charge in [-0.15, -0.1) is 0 Å². The molecule has 4 aliphatic rings. The van der Waals surface area contributed by atoms with E-state index in [-0.39, 0.29) is 35.5 Å². The molecule has 1 aliphatic heterocycles. The quantitative estimate of drug-likeness (QED) is 0.614. The van der Waals surface area contributed by atoms with Crippen molar-refractivity contribution in [3.8, 4) is 5.75 Å². The van der Waals surface area contributed by atoms with Gasteiger partial charge in [0, 0.05) is 11.8 Å². The zero-order valence-electron chi connectivity index (χ0n) is 16.6. The van der Waals surface area contributed by atoms with E-state index in [1.807, 2.05) is 43.3 Å². The molecule has 3 aromatic rings. The summed E-state index contributed by atoms with van der Waals surface area (Å²) in [7, 11) is 0. The van der Waals surface area contributed by atoms with Gasteiger partial charge < -0.3 is 4.74 Å². The predicted molar refractivity (Wildman–Crippen MR) is 114 cm³/mol. The van der Waals surface area contributed by atoms with Crippen LogP contribution in [0.25, 0.3) is 0 Å². The molecule has 3 aliphatic carbocycles. The van der Waals surface area contributed by atoms with Crippen LogP contribution >= 0.6 is 0 Å². The fourth-order valence-corrected chi connectivity index (χ4v) is 5.79. The van der Waals surface area contributed by atoms with Crippen molar-refractivity contribution >= 4 is 17.5 Å². The van der Waals surface area contributed by atoms with E-state index in [9.17, 15) is 9.59 Å². The van der Waals surface area contributed by atoms with Crippen LogP contribution in [0.1, 0.15) is 41.0 Å². The van der Waals surface area contributed by atoms with Gasteiger partial charge >= 0.3 is 0 Å². The third-order valence-corrected chi connectivity index (χ3v) is 6.85. The molecule has 1 saturated heterocycles. The normalized spacial score (nSPS) is 25.7. The third kappa shape index (κ3) is 2.16. The van der Waals surface area contributed by atoms with Gasteiger partial charge in [-0.3, -0.25) is 9.59 Å². The minimum Gasteiger partial charge on any atom is -0.494 e. The van der Waals surface area contributed by atoms with Crippen molar-refractivity contribution in [2.24, 2.45) is 11.8 Å². The molecule has 2 bridgehead atoms. The fourth-order valence-electron chi connectivity index (χ4n) is 5.79. The van der Waals surface area contributed by atoms with Gasteiger partial charge in [0.2, 0.25) is 11.8 Å². The van der Waals surface area contributed by atoms with E-state index < -0.39 is 0 Å². The van der Waals surface area contributed by atoms with Crippen LogP contribution in [0.2, 0.25) is 0 Å². The van der Waals surface area contributed by atoms with Gasteiger partial charge in [-0.2, -0.15) is 0 Å². The molecule has 0 saturated carbocycles. The molecule has 1 fully saturated rings. The van der Waals surface area contributed by atoms with Gasteiger partial charge in [0.25, 0.3) is 0 Å².